The van der Waals surface area contributed by atoms with Crippen LogP contribution >= 0.6 is 11.3 Å². The average molecular weight is 308 g/mol. The van der Waals surface area contributed by atoms with E-state index in [1.807, 2.05) is 17.5 Å². The summed E-state index contributed by atoms with van der Waals surface area (Å²) < 4.78 is 1.60. The highest BCUT2D eigenvalue weighted by atomic mass is 32.1. The highest BCUT2D eigenvalue weighted by molar-refractivity contribution is 7.09. The molecule has 2 aromatic rings. The molecule has 0 aromatic carbocycles. The highest BCUT2D eigenvalue weighted by Gasteiger charge is 2.13. The maximum absolute atomic E-state index is 11.9. The molecule has 2 N–H and O–H groups in total. The number of aliphatic carboxylic acids is 1. The van der Waals surface area contributed by atoms with Crippen molar-refractivity contribution in [3.8, 4) is 0 Å². The average Bonchev–Trinajstić information content (AvgIpc) is 3.07. The third-order valence-electron chi connectivity index (χ3n) is 2.80. The van der Waals surface area contributed by atoms with Gasteiger partial charge in [0, 0.05) is 17.8 Å². The lowest BCUT2D eigenvalue weighted by Gasteiger charge is -2.08. The van der Waals surface area contributed by atoms with E-state index in [0.717, 1.165) is 4.88 Å². The molecule has 1 amide bonds. The number of carboxylic acids is 1. The molecule has 2 aromatic heterocycles. The summed E-state index contributed by atoms with van der Waals surface area (Å²) in [7, 11) is 0. The number of rotatable bonds is 7. The molecule has 0 spiro atoms. The summed E-state index contributed by atoms with van der Waals surface area (Å²) >= 11 is 1.61. The number of hydrogen-bond donors (Lipinski definition) is 2. The van der Waals surface area contributed by atoms with E-state index < -0.39 is 5.97 Å². The number of nitrogens with zero attached hydrogens (tertiary/aromatic N) is 3. The first kappa shape index (κ1) is 15.2. The first-order chi connectivity index (χ1) is 10.0. The minimum absolute atomic E-state index is 0.0192. The lowest BCUT2D eigenvalue weighted by molar-refractivity contribution is -0.137. The zero-order chi connectivity index (χ0) is 15.2. The molecule has 0 aliphatic rings. The van der Waals surface area contributed by atoms with Crippen molar-refractivity contribution >= 4 is 23.2 Å². The van der Waals surface area contributed by atoms with Crippen LogP contribution in [0.5, 0.6) is 0 Å². The largest absolute Gasteiger partial charge is 0.481 e. The number of hydrogen-bond acceptors (Lipinski definition) is 5. The number of nitrogens with one attached hydrogen (secondary N) is 1. The summed E-state index contributed by atoms with van der Waals surface area (Å²) in [5, 5.41) is 21.0. The Morgan fingerprint density at radius 1 is 1.52 bits per heavy atom. The standard InChI is InChI=1S/C13H16N4O3S/c1-9(5-12(18)19)6-14-13(20)11-8-17(16-15-11)7-10-3-2-4-21-10/h2-4,8-9H,5-7H2,1H3,(H,14,20)(H,18,19). The van der Waals surface area contributed by atoms with Gasteiger partial charge in [0.25, 0.3) is 5.91 Å². The number of thiophene rings is 1. The maximum Gasteiger partial charge on any atom is 0.303 e. The molecule has 0 saturated carbocycles. The molecule has 0 aliphatic carbocycles. The third-order valence-corrected chi connectivity index (χ3v) is 3.66. The van der Waals surface area contributed by atoms with Crippen molar-refractivity contribution in [3.63, 3.8) is 0 Å². The molecule has 2 heterocycles. The van der Waals surface area contributed by atoms with E-state index in [0.29, 0.717) is 13.1 Å². The molecular weight excluding hydrogens is 292 g/mol. The Bertz CT molecular complexity index is 609. The fourth-order valence-electron chi connectivity index (χ4n) is 1.77. The van der Waals surface area contributed by atoms with E-state index in [1.165, 1.54) is 0 Å². The molecular formula is C13H16N4O3S. The van der Waals surface area contributed by atoms with Crippen LogP contribution in [0.1, 0.15) is 28.7 Å². The number of aromatic nitrogens is 3. The van der Waals surface area contributed by atoms with Crippen LogP contribution in [0.2, 0.25) is 0 Å². The Hall–Kier alpha value is -2.22. The van der Waals surface area contributed by atoms with Crippen LogP contribution in [0.3, 0.4) is 0 Å². The van der Waals surface area contributed by atoms with Crippen molar-refractivity contribution in [2.45, 2.75) is 19.9 Å². The van der Waals surface area contributed by atoms with E-state index in [4.69, 9.17) is 5.11 Å². The van der Waals surface area contributed by atoms with Crippen LogP contribution in [0.15, 0.2) is 23.7 Å². The van der Waals surface area contributed by atoms with Crippen molar-refractivity contribution in [3.05, 3.63) is 34.3 Å². The van der Waals surface area contributed by atoms with E-state index >= 15 is 0 Å². The maximum atomic E-state index is 11.9. The molecule has 2 rings (SSSR count). The van der Waals surface area contributed by atoms with E-state index in [1.54, 1.807) is 29.1 Å². The molecule has 1 unspecified atom stereocenters. The normalized spacial score (nSPS) is 12.0. The quantitative estimate of drug-likeness (QED) is 0.802. The van der Waals surface area contributed by atoms with Gasteiger partial charge in [-0.1, -0.05) is 18.2 Å². The predicted octanol–water partition coefficient (Wildman–Crippen LogP) is 1.23. The third kappa shape index (κ3) is 4.67. The monoisotopic (exact) mass is 308 g/mol. The van der Waals surface area contributed by atoms with Gasteiger partial charge in [-0.2, -0.15) is 0 Å². The molecule has 0 saturated heterocycles. The van der Waals surface area contributed by atoms with Gasteiger partial charge < -0.3 is 10.4 Å². The Labute approximate surface area is 125 Å². The summed E-state index contributed by atoms with van der Waals surface area (Å²) in [5.41, 5.74) is 0.231. The van der Waals surface area contributed by atoms with Gasteiger partial charge >= 0.3 is 5.97 Å². The van der Waals surface area contributed by atoms with Gasteiger partial charge in [0.05, 0.1) is 12.7 Å². The van der Waals surface area contributed by atoms with Gasteiger partial charge in [-0.15, -0.1) is 16.4 Å². The van der Waals surface area contributed by atoms with Crippen LogP contribution in [-0.2, 0) is 11.3 Å². The molecule has 112 valence electrons. The smallest absolute Gasteiger partial charge is 0.303 e. The Balaban J connectivity index is 1.85. The van der Waals surface area contributed by atoms with Crippen LogP contribution in [0.25, 0.3) is 0 Å². The summed E-state index contributed by atoms with van der Waals surface area (Å²) in [6, 6.07) is 3.94. The predicted molar refractivity (Wildman–Crippen MR) is 77.2 cm³/mol. The molecule has 8 heteroatoms. The first-order valence-electron chi connectivity index (χ1n) is 6.47. The highest BCUT2D eigenvalue weighted by Crippen LogP contribution is 2.10. The van der Waals surface area contributed by atoms with Crippen LogP contribution in [0, 0.1) is 5.92 Å². The van der Waals surface area contributed by atoms with Crippen molar-refractivity contribution in [2.75, 3.05) is 6.54 Å². The molecule has 1 atom stereocenters. The lowest BCUT2D eigenvalue weighted by atomic mass is 10.1. The van der Waals surface area contributed by atoms with Gasteiger partial charge in [-0.05, 0) is 17.4 Å². The second kappa shape index (κ2) is 6.98. The second-order valence-corrected chi connectivity index (χ2v) is 5.83. The topological polar surface area (TPSA) is 97.1 Å². The fraction of sp³-hybridized carbons (Fsp3) is 0.385. The van der Waals surface area contributed by atoms with Crippen LogP contribution < -0.4 is 5.32 Å². The van der Waals surface area contributed by atoms with Gasteiger partial charge in [0.15, 0.2) is 5.69 Å². The van der Waals surface area contributed by atoms with E-state index in [-0.39, 0.29) is 23.9 Å². The number of amides is 1. The molecule has 0 aliphatic heterocycles. The SMILES string of the molecule is CC(CNC(=O)c1cn(Cc2cccs2)nn1)CC(=O)O. The Morgan fingerprint density at radius 3 is 3.00 bits per heavy atom. The Kier molecular flexibility index (Phi) is 5.04. The molecule has 0 radical (unpaired) electrons. The zero-order valence-corrected chi connectivity index (χ0v) is 12.3. The first-order valence-corrected chi connectivity index (χ1v) is 7.35. The van der Waals surface area contributed by atoms with E-state index in [2.05, 4.69) is 15.6 Å². The van der Waals surface area contributed by atoms with Gasteiger partial charge in [-0.25, -0.2) is 4.68 Å². The lowest BCUT2D eigenvalue weighted by Crippen LogP contribution is -2.29. The fourth-order valence-corrected chi connectivity index (χ4v) is 2.47. The van der Waals surface area contributed by atoms with Crippen molar-refractivity contribution in [1.29, 1.82) is 0 Å². The number of carbonyl (C=O) groups excluding carboxylic acids is 1. The van der Waals surface area contributed by atoms with Crippen molar-refractivity contribution in [2.24, 2.45) is 5.92 Å². The van der Waals surface area contributed by atoms with Gasteiger partial charge in [0.2, 0.25) is 0 Å². The minimum atomic E-state index is -0.876. The summed E-state index contributed by atoms with van der Waals surface area (Å²) in [4.78, 5) is 23.5. The van der Waals surface area contributed by atoms with Crippen molar-refractivity contribution in [1.82, 2.24) is 20.3 Å². The molecule has 7 nitrogen and oxygen atoms in total. The second-order valence-electron chi connectivity index (χ2n) is 4.79. The molecule has 21 heavy (non-hydrogen) atoms. The number of carbonyl (C=O) groups is 2. The summed E-state index contributed by atoms with van der Waals surface area (Å²) in [5.74, 6) is -1.35. The summed E-state index contributed by atoms with van der Waals surface area (Å²) in [6.45, 7) is 2.64. The number of carboxylic acid groups (broad SMARTS) is 1. The minimum Gasteiger partial charge on any atom is -0.481 e. The van der Waals surface area contributed by atoms with Crippen molar-refractivity contribution < 1.29 is 14.7 Å². The molecule has 0 bridgehead atoms. The van der Waals surface area contributed by atoms with Crippen LogP contribution in [0.4, 0.5) is 0 Å². The Morgan fingerprint density at radius 2 is 2.33 bits per heavy atom. The molecule has 0 fully saturated rings. The van der Waals surface area contributed by atoms with E-state index in [9.17, 15) is 9.59 Å². The summed E-state index contributed by atoms with van der Waals surface area (Å²) in [6.07, 6.45) is 1.60. The van der Waals surface area contributed by atoms with Crippen LogP contribution in [-0.4, -0.2) is 38.5 Å². The van der Waals surface area contributed by atoms with Gasteiger partial charge in [-0.3, -0.25) is 9.59 Å². The zero-order valence-electron chi connectivity index (χ0n) is 11.5. The van der Waals surface area contributed by atoms with Gasteiger partial charge in [0.1, 0.15) is 0 Å².